The number of halogens is 5. The number of nitrogens with one attached hydrogen (secondary N) is 1. The minimum atomic E-state index is -1.06. The van der Waals surface area contributed by atoms with Crippen LogP contribution in [0.15, 0.2) is 33.2 Å². The van der Waals surface area contributed by atoms with Crippen molar-refractivity contribution >= 4 is 48.9 Å². The van der Waals surface area contributed by atoms with Crippen molar-refractivity contribution in [1.82, 2.24) is 0 Å². The Morgan fingerprint density at radius 1 is 0.931 bits per heavy atom. The van der Waals surface area contributed by atoms with Crippen LogP contribution in [0.4, 0.5) is 30.2 Å². The van der Waals surface area contributed by atoms with Gasteiger partial charge in [-0.1, -0.05) is 0 Å². The Labute approximate surface area is 179 Å². The van der Waals surface area contributed by atoms with Crippen LogP contribution in [-0.2, 0) is 4.74 Å². The third-order valence-corrected chi connectivity index (χ3v) is 4.40. The van der Waals surface area contributed by atoms with E-state index in [4.69, 9.17) is 4.74 Å². The molecular formula is C16H14Br2F3N3O5. The maximum absolute atomic E-state index is 13.2. The van der Waals surface area contributed by atoms with Gasteiger partial charge in [-0.25, -0.2) is 8.78 Å². The summed E-state index contributed by atoms with van der Waals surface area (Å²) in [6.07, 6.45) is 0. The van der Waals surface area contributed by atoms with Crippen LogP contribution in [0.1, 0.15) is 6.92 Å². The Morgan fingerprint density at radius 3 is 1.97 bits per heavy atom. The van der Waals surface area contributed by atoms with Gasteiger partial charge in [-0.15, -0.1) is 0 Å². The zero-order valence-electron chi connectivity index (χ0n) is 14.8. The molecule has 0 aliphatic carbocycles. The van der Waals surface area contributed by atoms with Gasteiger partial charge in [0, 0.05) is 13.2 Å². The second-order valence-corrected chi connectivity index (χ2v) is 6.85. The number of benzene rings is 2. The lowest BCUT2D eigenvalue weighted by molar-refractivity contribution is -0.387. The van der Waals surface area contributed by atoms with Gasteiger partial charge in [0.05, 0.1) is 37.5 Å². The number of hydrogen-bond acceptors (Lipinski definition) is 6. The number of rotatable bonds is 7. The summed E-state index contributed by atoms with van der Waals surface area (Å²) in [6, 6.07) is 3.47. The minimum absolute atomic E-state index is 0.134. The molecule has 0 radical (unpaired) electrons. The molecule has 0 unspecified atom stereocenters. The van der Waals surface area contributed by atoms with E-state index in [2.05, 4.69) is 37.2 Å². The number of anilines is 1. The first-order chi connectivity index (χ1) is 13.6. The fourth-order valence-electron chi connectivity index (χ4n) is 1.88. The van der Waals surface area contributed by atoms with Crippen molar-refractivity contribution in [2.45, 2.75) is 6.92 Å². The van der Waals surface area contributed by atoms with Gasteiger partial charge in [0.1, 0.15) is 17.3 Å². The third-order valence-electron chi connectivity index (χ3n) is 3.19. The largest absolute Gasteiger partial charge is 0.380 e. The van der Waals surface area contributed by atoms with E-state index < -0.39 is 33.0 Å². The quantitative estimate of drug-likeness (QED) is 0.211. The van der Waals surface area contributed by atoms with Crippen LogP contribution in [-0.4, -0.2) is 29.6 Å². The summed E-state index contributed by atoms with van der Waals surface area (Å²) in [7, 11) is 0. The van der Waals surface area contributed by atoms with Crippen LogP contribution in [0, 0.1) is 37.7 Å². The molecular weight excluding hydrogens is 531 g/mol. The van der Waals surface area contributed by atoms with Gasteiger partial charge in [0.15, 0.2) is 0 Å². The van der Waals surface area contributed by atoms with Crippen molar-refractivity contribution in [1.29, 1.82) is 0 Å². The van der Waals surface area contributed by atoms with Gasteiger partial charge in [0.2, 0.25) is 5.82 Å². The summed E-state index contributed by atoms with van der Waals surface area (Å²) in [5.41, 5.74) is -0.888. The van der Waals surface area contributed by atoms with E-state index in [1.165, 1.54) is 6.07 Å². The molecule has 158 valence electrons. The van der Waals surface area contributed by atoms with Crippen LogP contribution < -0.4 is 5.32 Å². The smallest absolute Gasteiger partial charge is 0.307 e. The molecule has 0 fully saturated rings. The number of nitrogens with zero attached hydrogens (tertiary/aromatic N) is 2. The summed E-state index contributed by atoms with van der Waals surface area (Å²) in [6.45, 7) is 3.29. The molecule has 0 heterocycles. The van der Waals surface area contributed by atoms with Crippen molar-refractivity contribution in [3.63, 3.8) is 0 Å². The SMILES string of the molecule is CCOCCNc1cc(Br)c(F)cc1[N+](=O)[O-].O=[N+]([O-])c1cc(F)c(Br)cc1F. The summed E-state index contributed by atoms with van der Waals surface area (Å²) >= 11 is 5.67. The highest BCUT2D eigenvalue weighted by Gasteiger charge is 2.18. The molecule has 1 N–H and O–H groups in total. The van der Waals surface area contributed by atoms with Crippen LogP contribution in [0.3, 0.4) is 0 Å². The lowest BCUT2D eigenvalue weighted by Crippen LogP contribution is -2.10. The fraction of sp³-hybridized carbons (Fsp3) is 0.250. The normalized spacial score (nSPS) is 10.1. The molecule has 0 saturated carbocycles. The van der Waals surface area contributed by atoms with E-state index in [9.17, 15) is 33.4 Å². The predicted molar refractivity (Wildman–Crippen MR) is 106 cm³/mol. The topological polar surface area (TPSA) is 108 Å². The second kappa shape index (κ2) is 11.7. The van der Waals surface area contributed by atoms with E-state index >= 15 is 0 Å². The Balaban J connectivity index is 0.000000308. The van der Waals surface area contributed by atoms with E-state index in [1.54, 1.807) is 0 Å². The Morgan fingerprint density at radius 2 is 1.45 bits per heavy atom. The summed E-state index contributed by atoms with van der Waals surface area (Å²) in [4.78, 5) is 19.2. The molecule has 2 aromatic carbocycles. The summed E-state index contributed by atoms with van der Waals surface area (Å²) in [5.74, 6) is -2.58. The Bertz CT molecular complexity index is 903. The first kappa shape index (κ1) is 24.8. The molecule has 0 aliphatic heterocycles. The minimum Gasteiger partial charge on any atom is -0.380 e. The molecule has 0 saturated heterocycles. The van der Waals surface area contributed by atoms with Gasteiger partial charge in [-0.3, -0.25) is 20.2 Å². The van der Waals surface area contributed by atoms with Gasteiger partial charge in [-0.05, 0) is 50.9 Å². The molecule has 0 amide bonds. The highest BCUT2D eigenvalue weighted by atomic mass is 79.9. The molecule has 8 nitrogen and oxygen atoms in total. The highest BCUT2D eigenvalue weighted by molar-refractivity contribution is 9.10. The van der Waals surface area contributed by atoms with Crippen LogP contribution in [0.25, 0.3) is 0 Å². The third kappa shape index (κ3) is 7.59. The zero-order chi connectivity index (χ0) is 22.1. The maximum Gasteiger partial charge on any atom is 0.307 e. The first-order valence-electron chi connectivity index (χ1n) is 7.82. The molecule has 0 aromatic heterocycles. The average molecular weight is 545 g/mol. The Kier molecular flexibility index (Phi) is 9.98. The van der Waals surface area contributed by atoms with Gasteiger partial charge < -0.3 is 10.1 Å². The zero-order valence-corrected chi connectivity index (χ0v) is 17.9. The number of nitro groups is 2. The van der Waals surface area contributed by atoms with Gasteiger partial charge in [0.25, 0.3) is 5.69 Å². The molecule has 0 spiro atoms. The second-order valence-electron chi connectivity index (χ2n) is 5.14. The van der Waals surface area contributed by atoms with Crippen LogP contribution >= 0.6 is 31.9 Å². The maximum atomic E-state index is 13.2. The summed E-state index contributed by atoms with van der Waals surface area (Å²) < 4.78 is 43.5. The van der Waals surface area contributed by atoms with Crippen LogP contribution in [0.5, 0.6) is 0 Å². The van der Waals surface area contributed by atoms with Crippen molar-refractivity contribution in [3.8, 4) is 0 Å². The molecule has 2 aromatic rings. The predicted octanol–water partition coefficient (Wildman–Crippen LogP) is 5.58. The van der Waals surface area contributed by atoms with E-state index in [0.29, 0.717) is 31.9 Å². The fourth-order valence-corrected chi connectivity index (χ4v) is 2.54. The van der Waals surface area contributed by atoms with Crippen LogP contribution in [0.2, 0.25) is 0 Å². The molecule has 0 bridgehead atoms. The molecule has 13 heteroatoms. The molecule has 0 aliphatic rings. The number of hydrogen-bond donors (Lipinski definition) is 1. The van der Waals surface area contributed by atoms with E-state index in [-0.39, 0.29) is 20.3 Å². The monoisotopic (exact) mass is 543 g/mol. The summed E-state index contributed by atoms with van der Waals surface area (Å²) in [5, 5.41) is 23.6. The molecule has 0 atom stereocenters. The lowest BCUT2D eigenvalue weighted by Gasteiger charge is -2.08. The number of nitro benzene ring substituents is 2. The molecule has 29 heavy (non-hydrogen) atoms. The molecule has 2 rings (SSSR count). The van der Waals surface area contributed by atoms with Crippen molar-refractivity contribution in [2.24, 2.45) is 0 Å². The standard InChI is InChI=1S/C10H12BrFN2O3.C6H2BrF2NO2/c1-2-17-4-3-13-9-5-7(11)8(12)6-10(9)14(15)16;7-3-1-5(9)6(10(11)12)2-4(3)8/h5-6,13H,2-4H2,1H3;1-2H. The van der Waals surface area contributed by atoms with Crippen molar-refractivity contribution in [3.05, 3.63) is 70.9 Å². The van der Waals surface area contributed by atoms with Crippen molar-refractivity contribution < 1.29 is 27.8 Å². The van der Waals surface area contributed by atoms with Crippen molar-refractivity contribution in [2.75, 3.05) is 25.1 Å². The average Bonchev–Trinajstić information content (AvgIpc) is 2.64. The first-order valence-corrected chi connectivity index (χ1v) is 9.41. The van der Waals surface area contributed by atoms with E-state index in [1.807, 2.05) is 6.92 Å². The Hall–Kier alpha value is -2.25. The van der Waals surface area contributed by atoms with E-state index in [0.717, 1.165) is 6.07 Å². The highest BCUT2D eigenvalue weighted by Crippen LogP contribution is 2.30. The van der Waals surface area contributed by atoms with Gasteiger partial charge >= 0.3 is 5.69 Å². The number of ether oxygens (including phenoxy) is 1. The van der Waals surface area contributed by atoms with Gasteiger partial charge in [-0.2, -0.15) is 4.39 Å². The lowest BCUT2D eigenvalue weighted by atomic mass is 10.2.